The van der Waals surface area contributed by atoms with E-state index in [4.69, 9.17) is 0 Å². The van der Waals surface area contributed by atoms with Crippen molar-refractivity contribution in [3.8, 4) is 16.9 Å². The van der Waals surface area contributed by atoms with Gasteiger partial charge in [-0.2, -0.15) is 5.01 Å². The van der Waals surface area contributed by atoms with E-state index < -0.39 is 0 Å². The number of hydrogen-bond acceptors (Lipinski definition) is 5. The number of fused-ring (bicyclic) bond motifs is 2. The topological polar surface area (TPSA) is 104 Å². The van der Waals surface area contributed by atoms with Gasteiger partial charge in [0.2, 0.25) is 11.8 Å². The van der Waals surface area contributed by atoms with E-state index >= 15 is 0 Å². The Bertz CT molecular complexity index is 1400. The maximum absolute atomic E-state index is 12.9. The fraction of sp³-hybridized carbons (Fsp3) is 0.174. The van der Waals surface area contributed by atoms with Crippen LogP contribution in [0.25, 0.3) is 27.8 Å². The lowest BCUT2D eigenvalue weighted by molar-refractivity contribution is -0.163. The minimum Gasteiger partial charge on any atom is -0.361 e. The van der Waals surface area contributed by atoms with E-state index in [1.807, 2.05) is 42.7 Å². The molecule has 0 bridgehead atoms. The van der Waals surface area contributed by atoms with Crippen molar-refractivity contribution in [1.82, 2.24) is 30.0 Å². The predicted octanol–water partition coefficient (Wildman–Crippen LogP) is 2.83. The second-order valence-corrected chi connectivity index (χ2v) is 7.99. The quantitative estimate of drug-likeness (QED) is 0.507. The number of carbonyl (C=O) groups excluding carboxylic acids is 3. The van der Waals surface area contributed by atoms with Gasteiger partial charge in [0.25, 0.3) is 5.91 Å². The molecule has 0 aliphatic carbocycles. The molecule has 0 saturated carbocycles. The van der Waals surface area contributed by atoms with Crippen LogP contribution in [0.15, 0.2) is 54.9 Å². The summed E-state index contributed by atoms with van der Waals surface area (Å²) in [5, 5.41) is 11.9. The Morgan fingerprint density at radius 2 is 1.78 bits per heavy atom. The standard InChI is InChI=1S/C23H18N6O3/c30-21-2-1-3-22(31)29(21)28-12-16-11-17(5-6-18(16)23(28)32)27-13-20(25-26-27)14-4-7-19-15(10-14)8-9-24-19/h4-11,13,24H,1-3,12H2. The summed E-state index contributed by atoms with van der Waals surface area (Å²) in [6.45, 7) is 0.172. The fourth-order valence-electron chi connectivity index (χ4n) is 4.34. The number of nitrogens with zero attached hydrogens (tertiary/aromatic N) is 5. The van der Waals surface area contributed by atoms with E-state index in [0.29, 0.717) is 12.0 Å². The number of nitrogens with one attached hydrogen (secondary N) is 1. The van der Waals surface area contributed by atoms with E-state index in [-0.39, 0.29) is 37.1 Å². The van der Waals surface area contributed by atoms with E-state index in [1.54, 1.807) is 16.8 Å². The summed E-state index contributed by atoms with van der Waals surface area (Å²) >= 11 is 0. The average Bonchev–Trinajstić information content (AvgIpc) is 3.52. The van der Waals surface area contributed by atoms with Gasteiger partial charge in [-0.3, -0.25) is 14.4 Å². The Labute approximate surface area is 182 Å². The number of piperidine rings is 1. The zero-order valence-electron chi connectivity index (χ0n) is 17.0. The van der Waals surface area contributed by atoms with Crippen LogP contribution < -0.4 is 0 Å². The molecule has 0 atom stereocenters. The van der Waals surface area contributed by atoms with Crippen LogP contribution in [-0.4, -0.2) is 47.7 Å². The minimum atomic E-state index is -0.339. The highest BCUT2D eigenvalue weighted by molar-refractivity contribution is 6.04. The lowest BCUT2D eigenvalue weighted by Crippen LogP contribution is -2.51. The molecule has 9 nitrogen and oxygen atoms in total. The second-order valence-electron chi connectivity index (χ2n) is 7.99. The lowest BCUT2D eigenvalue weighted by atomic mass is 10.1. The first kappa shape index (κ1) is 18.5. The molecule has 1 saturated heterocycles. The van der Waals surface area contributed by atoms with Crippen molar-refractivity contribution in [1.29, 1.82) is 0 Å². The number of hydrazine groups is 1. The van der Waals surface area contributed by atoms with Crippen molar-refractivity contribution in [3.63, 3.8) is 0 Å². The van der Waals surface area contributed by atoms with Gasteiger partial charge in [0, 0.05) is 41.1 Å². The molecule has 2 aliphatic rings. The molecule has 0 unspecified atom stereocenters. The van der Waals surface area contributed by atoms with Gasteiger partial charge in [-0.1, -0.05) is 11.3 Å². The summed E-state index contributed by atoms with van der Waals surface area (Å²) in [7, 11) is 0. The van der Waals surface area contributed by atoms with Gasteiger partial charge in [0.05, 0.1) is 18.4 Å². The average molecular weight is 426 g/mol. The molecule has 2 aromatic carbocycles. The van der Waals surface area contributed by atoms with E-state index in [0.717, 1.165) is 38.4 Å². The Morgan fingerprint density at radius 1 is 0.938 bits per heavy atom. The van der Waals surface area contributed by atoms with Crippen molar-refractivity contribution in [3.05, 3.63) is 66.0 Å². The number of hydrogen-bond donors (Lipinski definition) is 1. The Kier molecular flexibility index (Phi) is 3.97. The number of carbonyl (C=O) groups is 3. The first-order valence-corrected chi connectivity index (χ1v) is 10.4. The number of amides is 3. The number of rotatable bonds is 3. The number of aromatic nitrogens is 4. The summed E-state index contributed by atoms with van der Waals surface area (Å²) in [5.74, 6) is -1.000. The van der Waals surface area contributed by atoms with Gasteiger partial charge >= 0.3 is 0 Å². The largest absolute Gasteiger partial charge is 0.361 e. The molecule has 3 amide bonds. The van der Waals surface area contributed by atoms with Crippen LogP contribution in [0.3, 0.4) is 0 Å². The fourth-order valence-corrected chi connectivity index (χ4v) is 4.34. The van der Waals surface area contributed by atoms with Gasteiger partial charge < -0.3 is 4.98 Å². The molecule has 32 heavy (non-hydrogen) atoms. The Hall–Kier alpha value is -4.27. The van der Waals surface area contributed by atoms with Crippen LogP contribution in [0.5, 0.6) is 0 Å². The van der Waals surface area contributed by atoms with Crippen LogP contribution in [0.4, 0.5) is 0 Å². The van der Waals surface area contributed by atoms with Gasteiger partial charge in [-0.05, 0) is 48.4 Å². The van der Waals surface area contributed by atoms with Gasteiger partial charge in [0.1, 0.15) is 5.69 Å². The first-order valence-electron chi connectivity index (χ1n) is 10.4. The summed E-state index contributed by atoms with van der Waals surface area (Å²) in [6, 6.07) is 13.4. The number of benzene rings is 2. The maximum atomic E-state index is 12.9. The third kappa shape index (κ3) is 2.82. The molecule has 158 valence electrons. The van der Waals surface area contributed by atoms with Crippen LogP contribution in [0, 0.1) is 0 Å². The zero-order valence-corrected chi connectivity index (χ0v) is 17.0. The summed E-state index contributed by atoms with van der Waals surface area (Å²) < 4.78 is 1.65. The Morgan fingerprint density at radius 3 is 2.62 bits per heavy atom. The summed E-state index contributed by atoms with van der Waals surface area (Å²) in [6.07, 6.45) is 4.80. The monoisotopic (exact) mass is 426 g/mol. The van der Waals surface area contributed by atoms with Crippen molar-refractivity contribution in [2.45, 2.75) is 25.8 Å². The van der Waals surface area contributed by atoms with Crippen LogP contribution in [-0.2, 0) is 16.1 Å². The molecule has 6 rings (SSSR count). The van der Waals surface area contributed by atoms with Crippen LogP contribution in [0.1, 0.15) is 35.2 Å². The molecule has 2 aliphatic heterocycles. The highest BCUT2D eigenvalue weighted by Gasteiger charge is 2.39. The summed E-state index contributed by atoms with van der Waals surface area (Å²) in [4.78, 5) is 40.6. The molecular formula is C23H18N6O3. The predicted molar refractivity (Wildman–Crippen MR) is 114 cm³/mol. The molecule has 2 aromatic heterocycles. The Balaban J connectivity index is 1.30. The maximum Gasteiger partial charge on any atom is 0.273 e. The number of imide groups is 1. The SMILES string of the molecule is O=C1c2ccc(-n3cc(-c4ccc5[nH]ccc5c4)nn3)cc2CN1N1C(=O)CCCC1=O. The van der Waals surface area contributed by atoms with Crippen molar-refractivity contribution in [2.75, 3.05) is 0 Å². The third-order valence-corrected chi connectivity index (χ3v) is 5.98. The van der Waals surface area contributed by atoms with Crippen molar-refractivity contribution in [2.24, 2.45) is 0 Å². The van der Waals surface area contributed by atoms with Crippen molar-refractivity contribution < 1.29 is 14.4 Å². The molecule has 4 aromatic rings. The molecule has 4 heterocycles. The summed E-state index contributed by atoms with van der Waals surface area (Å²) in [5.41, 5.74) is 4.71. The minimum absolute atomic E-state index is 0.172. The molecular weight excluding hydrogens is 408 g/mol. The van der Waals surface area contributed by atoms with E-state index in [9.17, 15) is 14.4 Å². The number of aromatic amines is 1. The second kappa shape index (κ2) is 6.88. The van der Waals surface area contributed by atoms with Gasteiger partial charge in [-0.15, -0.1) is 5.10 Å². The van der Waals surface area contributed by atoms with Crippen LogP contribution >= 0.6 is 0 Å². The van der Waals surface area contributed by atoms with Crippen molar-refractivity contribution >= 4 is 28.6 Å². The first-order chi connectivity index (χ1) is 15.6. The molecule has 1 fully saturated rings. The highest BCUT2D eigenvalue weighted by Crippen LogP contribution is 2.29. The van der Waals surface area contributed by atoms with E-state index in [2.05, 4.69) is 15.3 Å². The molecule has 9 heteroatoms. The number of H-pyrrole nitrogens is 1. The zero-order chi connectivity index (χ0) is 21.8. The van der Waals surface area contributed by atoms with Crippen LogP contribution in [0.2, 0.25) is 0 Å². The third-order valence-electron chi connectivity index (χ3n) is 5.98. The van der Waals surface area contributed by atoms with E-state index in [1.165, 1.54) is 5.01 Å². The molecule has 1 N–H and O–H groups in total. The lowest BCUT2D eigenvalue weighted by Gasteiger charge is -2.32. The van der Waals surface area contributed by atoms with Gasteiger partial charge in [-0.25, -0.2) is 9.69 Å². The molecule has 0 spiro atoms. The molecule has 0 radical (unpaired) electrons. The highest BCUT2D eigenvalue weighted by atomic mass is 16.2. The normalized spacial score (nSPS) is 16.3. The smallest absolute Gasteiger partial charge is 0.273 e. The van der Waals surface area contributed by atoms with Gasteiger partial charge in [0.15, 0.2) is 0 Å².